The summed E-state index contributed by atoms with van der Waals surface area (Å²) in [7, 11) is 0. The molecule has 2 aromatic carbocycles. The maximum Gasteiger partial charge on any atom is -0.0116 e. The molecule has 2 aromatic rings. The van der Waals surface area contributed by atoms with Crippen molar-refractivity contribution in [1.29, 1.82) is 0 Å². The molecule has 1 aliphatic carbocycles. The Labute approximate surface area is 252 Å². The summed E-state index contributed by atoms with van der Waals surface area (Å²) in [5.41, 5.74) is 4.23. The van der Waals surface area contributed by atoms with Gasteiger partial charge in [-0.3, -0.25) is 0 Å². The fourth-order valence-corrected chi connectivity index (χ4v) is 7.05. The van der Waals surface area contributed by atoms with Gasteiger partial charge in [-0.05, 0) is 88.6 Å². The summed E-state index contributed by atoms with van der Waals surface area (Å²) in [5, 5.41) is 0. The van der Waals surface area contributed by atoms with Gasteiger partial charge in [-0.1, -0.05) is 164 Å². The maximum atomic E-state index is 2.43. The third-order valence-corrected chi connectivity index (χ3v) is 9.08. The molecule has 0 nitrogen and oxygen atoms in total. The van der Waals surface area contributed by atoms with E-state index in [1.165, 1.54) is 43.2 Å². The molecule has 1 saturated carbocycles. The van der Waals surface area contributed by atoms with Gasteiger partial charge in [-0.25, -0.2) is 0 Å². The first kappa shape index (κ1) is 36.5. The molecule has 228 valence electrons. The average Bonchev–Trinajstić information content (AvgIpc) is 2.84. The molecule has 40 heavy (non-hydrogen) atoms. The fraction of sp³-hybridized carbons (Fsp3) is 0.700. The molecule has 0 bridgehead atoms. The minimum Gasteiger partial charge on any atom is -0.0648 e. The van der Waals surface area contributed by atoms with Gasteiger partial charge in [0.15, 0.2) is 0 Å². The van der Waals surface area contributed by atoms with Crippen molar-refractivity contribution < 1.29 is 0 Å². The van der Waals surface area contributed by atoms with Gasteiger partial charge in [0.1, 0.15) is 0 Å². The van der Waals surface area contributed by atoms with Crippen molar-refractivity contribution in [2.75, 3.05) is 0 Å². The fourth-order valence-electron chi connectivity index (χ4n) is 7.05. The summed E-state index contributed by atoms with van der Waals surface area (Å²) >= 11 is 0. The largest absolute Gasteiger partial charge is 0.0648 e. The molecule has 0 heteroatoms. The molecule has 0 heterocycles. The van der Waals surface area contributed by atoms with Gasteiger partial charge in [-0.15, -0.1) is 0 Å². The van der Waals surface area contributed by atoms with Crippen LogP contribution in [0.3, 0.4) is 0 Å². The molecule has 0 radical (unpaired) electrons. The Bertz CT molecular complexity index is 900. The second-order valence-electron chi connectivity index (χ2n) is 16.6. The lowest BCUT2D eigenvalue weighted by Gasteiger charge is -2.44. The van der Waals surface area contributed by atoms with E-state index in [2.05, 4.69) is 158 Å². The zero-order valence-corrected chi connectivity index (χ0v) is 29.3. The van der Waals surface area contributed by atoms with E-state index < -0.39 is 0 Å². The zero-order valence-electron chi connectivity index (χ0n) is 29.3. The third kappa shape index (κ3) is 13.4. The van der Waals surface area contributed by atoms with E-state index >= 15 is 0 Å². The van der Waals surface area contributed by atoms with Gasteiger partial charge in [0.25, 0.3) is 0 Å². The molecule has 5 atom stereocenters. The first-order chi connectivity index (χ1) is 18.4. The second kappa shape index (κ2) is 16.2. The summed E-state index contributed by atoms with van der Waals surface area (Å²) in [6.07, 6.45) is 6.83. The Morgan fingerprint density at radius 3 is 1.55 bits per heavy atom. The first-order valence-electron chi connectivity index (χ1n) is 16.5. The lowest BCUT2D eigenvalue weighted by Crippen LogP contribution is -2.36. The van der Waals surface area contributed by atoms with Crippen LogP contribution in [0, 0.1) is 39.9 Å². The van der Waals surface area contributed by atoms with Gasteiger partial charge in [0.05, 0.1) is 0 Å². The monoisotopic (exact) mass is 549 g/mol. The van der Waals surface area contributed by atoms with Crippen molar-refractivity contribution in [2.45, 2.75) is 141 Å². The van der Waals surface area contributed by atoms with Gasteiger partial charge < -0.3 is 0 Å². The van der Waals surface area contributed by atoms with Crippen LogP contribution in [0.5, 0.6) is 0 Å². The highest BCUT2D eigenvalue weighted by atomic mass is 14.4. The average molecular weight is 549 g/mol. The Hall–Kier alpha value is -1.56. The maximum absolute atomic E-state index is 2.43. The van der Waals surface area contributed by atoms with Crippen molar-refractivity contribution in [1.82, 2.24) is 0 Å². The molecule has 3 rings (SSSR count). The van der Waals surface area contributed by atoms with Crippen LogP contribution in [0.15, 0.2) is 60.7 Å². The second-order valence-corrected chi connectivity index (χ2v) is 16.6. The topological polar surface area (TPSA) is 0 Å². The molecule has 0 aromatic heterocycles. The Morgan fingerprint density at radius 1 is 0.700 bits per heavy atom. The summed E-state index contributed by atoms with van der Waals surface area (Å²) < 4.78 is 0. The van der Waals surface area contributed by atoms with Crippen LogP contribution in [0.1, 0.15) is 152 Å². The predicted molar refractivity (Wildman–Crippen MR) is 182 cm³/mol. The molecular formula is C40H68. The normalized spacial score (nSPS) is 21.4. The summed E-state index contributed by atoms with van der Waals surface area (Å²) in [5.74, 6) is 5.06. The number of benzene rings is 2. The summed E-state index contributed by atoms with van der Waals surface area (Å²) in [6, 6.07) is 21.6. The van der Waals surface area contributed by atoms with Crippen LogP contribution in [0.25, 0.3) is 0 Å². The Kier molecular flexibility index (Phi) is 14.7. The van der Waals surface area contributed by atoms with E-state index in [1.54, 1.807) is 0 Å². The minimum absolute atomic E-state index is 0.371. The number of rotatable bonds is 5. The van der Waals surface area contributed by atoms with Crippen molar-refractivity contribution in [3.8, 4) is 0 Å². The smallest absolute Gasteiger partial charge is 0.0116 e. The third-order valence-electron chi connectivity index (χ3n) is 9.08. The molecule has 5 unspecified atom stereocenters. The minimum atomic E-state index is 0.371. The van der Waals surface area contributed by atoms with Crippen molar-refractivity contribution in [3.63, 3.8) is 0 Å². The Morgan fingerprint density at radius 2 is 1.18 bits per heavy atom. The molecular weight excluding hydrogens is 480 g/mol. The highest BCUT2D eigenvalue weighted by Gasteiger charge is 2.37. The summed E-state index contributed by atoms with van der Waals surface area (Å²) in [6.45, 7) is 32.9. The van der Waals surface area contributed by atoms with E-state index in [9.17, 15) is 0 Å². The van der Waals surface area contributed by atoms with E-state index in [1.807, 2.05) is 0 Å². The van der Waals surface area contributed by atoms with Crippen LogP contribution in [0.4, 0.5) is 0 Å². The lowest BCUT2D eigenvalue weighted by molar-refractivity contribution is 0.0538. The van der Waals surface area contributed by atoms with E-state index in [4.69, 9.17) is 0 Å². The molecule has 0 aliphatic heterocycles. The van der Waals surface area contributed by atoms with E-state index in [-0.39, 0.29) is 0 Å². The zero-order chi connectivity index (χ0) is 30.7. The van der Waals surface area contributed by atoms with Crippen LogP contribution in [-0.2, 0) is 0 Å². The summed E-state index contributed by atoms with van der Waals surface area (Å²) in [4.78, 5) is 0. The van der Waals surface area contributed by atoms with Crippen LogP contribution in [-0.4, -0.2) is 0 Å². The lowest BCUT2D eigenvalue weighted by atomic mass is 9.61. The van der Waals surface area contributed by atoms with Gasteiger partial charge >= 0.3 is 0 Å². The van der Waals surface area contributed by atoms with E-state index in [0.717, 1.165) is 23.7 Å². The highest BCUT2D eigenvalue weighted by molar-refractivity contribution is 5.21. The highest BCUT2D eigenvalue weighted by Crippen LogP contribution is 2.46. The Balaban J connectivity index is 0.000000300. The predicted octanol–water partition coefficient (Wildman–Crippen LogP) is 13.2. The van der Waals surface area contributed by atoms with Crippen molar-refractivity contribution >= 4 is 0 Å². The van der Waals surface area contributed by atoms with Crippen LogP contribution in [0.2, 0.25) is 0 Å². The van der Waals surface area contributed by atoms with Gasteiger partial charge in [0.2, 0.25) is 0 Å². The van der Waals surface area contributed by atoms with E-state index in [0.29, 0.717) is 28.1 Å². The van der Waals surface area contributed by atoms with Crippen molar-refractivity contribution in [2.24, 2.45) is 39.9 Å². The molecule has 0 spiro atoms. The number of hydrogen-bond acceptors (Lipinski definition) is 0. The first-order valence-corrected chi connectivity index (χ1v) is 16.5. The molecule has 0 N–H and O–H groups in total. The van der Waals surface area contributed by atoms with Crippen LogP contribution >= 0.6 is 0 Å². The molecule has 1 aliphatic rings. The SMILES string of the molecule is CC(CC(C)(C)C)c1ccccc1.CC1CCC(C(C)C)C(C(C)(C)C)C1.CCC(c1ccccc1)C(C)(C)C. The van der Waals surface area contributed by atoms with Crippen molar-refractivity contribution in [3.05, 3.63) is 71.8 Å². The molecule has 0 saturated heterocycles. The van der Waals surface area contributed by atoms with Crippen LogP contribution < -0.4 is 0 Å². The quantitative estimate of drug-likeness (QED) is 0.348. The number of hydrogen-bond donors (Lipinski definition) is 0. The molecule has 1 fully saturated rings. The van der Waals surface area contributed by atoms with Gasteiger partial charge in [-0.2, -0.15) is 0 Å². The standard InChI is InChI=1S/C14H28.2C13H20/c1-10(2)12-8-7-11(3)9-13(12)14(4,5)6;1-11(10-13(2,3)4)12-8-6-5-7-9-12;1-5-12(13(2,3)4)11-9-7-6-8-10-11/h10-13H,7-9H2,1-6H3;5-9,11H,10H2,1-4H3;6-10,12H,5H2,1-4H3. The molecule has 0 amide bonds. The van der Waals surface area contributed by atoms with Gasteiger partial charge in [0, 0.05) is 0 Å².